The van der Waals surface area contributed by atoms with Crippen LogP contribution in [0.2, 0.25) is 0 Å². The molecule has 1 atom stereocenters. The van der Waals surface area contributed by atoms with Gasteiger partial charge in [0.15, 0.2) is 0 Å². The van der Waals surface area contributed by atoms with E-state index in [2.05, 4.69) is 5.32 Å². The lowest BCUT2D eigenvalue weighted by atomic mass is 10.1. The molecule has 3 N–H and O–H groups in total. The number of nitrogen functional groups attached to an aromatic ring is 1. The highest BCUT2D eigenvalue weighted by atomic mass is 16.5. The predicted octanol–water partition coefficient (Wildman–Crippen LogP) is 3.52. The SMILES string of the molecule is CCOC(=O)c1cccc(N)c1NC(C)c1ccc(C)o1. The molecule has 2 rings (SSSR count). The summed E-state index contributed by atoms with van der Waals surface area (Å²) >= 11 is 0. The quantitative estimate of drug-likeness (QED) is 0.650. The van der Waals surface area contributed by atoms with Crippen molar-refractivity contribution in [2.24, 2.45) is 0 Å². The fourth-order valence-electron chi connectivity index (χ4n) is 2.08. The molecule has 0 fully saturated rings. The molecule has 1 unspecified atom stereocenters. The molecule has 112 valence electrons. The molecular formula is C16H20N2O3. The maximum absolute atomic E-state index is 12.0. The summed E-state index contributed by atoms with van der Waals surface area (Å²) in [5, 5.41) is 3.23. The molecule has 5 nitrogen and oxygen atoms in total. The highest BCUT2D eigenvalue weighted by molar-refractivity contribution is 5.98. The van der Waals surface area contributed by atoms with Gasteiger partial charge in [-0.15, -0.1) is 0 Å². The fourth-order valence-corrected chi connectivity index (χ4v) is 2.08. The molecule has 21 heavy (non-hydrogen) atoms. The molecule has 0 aliphatic carbocycles. The van der Waals surface area contributed by atoms with Crippen LogP contribution in [0.5, 0.6) is 0 Å². The highest BCUT2D eigenvalue weighted by Gasteiger charge is 2.18. The van der Waals surface area contributed by atoms with Gasteiger partial charge in [0.25, 0.3) is 0 Å². The lowest BCUT2D eigenvalue weighted by molar-refractivity contribution is 0.0527. The Hall–Kier alpha value is -2.43. The van der Waals surface area contributed by atoms with E-state index in [1.54, 1.807) is 25.1 Å². The number of hydrogen-bond acceptors (Lipinski definition) is 5. The second kappa shape index (κ2) is 6.35. The lowest BCUT2D eigenvalue weighted by Gasteiger charge is -2.17. The van der Waals surface area contributed by atoms with E-state index in [0.29, 0.717) is 23.5 Å². The topological polar surface area (TPSA) is 77.5 Å². The van der Waals surface area contributed by atoms with Gasteiger partial charge in [-0.3, -0.25) is 0 Å². The van der Waals surface area contributed by atoms with Crippen molar-refractivity contribution in [3.05, 3.63) is 47.4 Å². The minimum Gasteiger partial charge on any atom is -0.464 e. The number of benzene rings is 1. The fraction of sp³-hybridized carbons (Fsp3) is 0.312. The third kappa shape index (κ3) is 3.37. The number of carbonyl (C=O) groups is 1. The van der Waals surface area contributed by atoms with Gasteiger partial charge in [0.1, 0.15) is 11.5 Å². The van der Waals surface area contributed by atoms with E-state index in [-0.39, 0.29) is 6.04 Å². The van der Waals surface area contributed by atoms with E-state index in [1.165, 1.54) is 0 Å². The van der Waals surface area contributed by atoms with Crippen LogP contribution in [-0.4, -0.2) is 12.6 Å². The molecule has 0 spiro atoms. The van der Waals surface area contributed by atoms with Crippen LogP contribution >= 0.6 is 0 Å². The van der Waals surface area contributed by atoms with E-state index < -0.39 is 5.97 Å². The van der Waals surface area contributed by atoms with Crippen molar-refractivity contribution in [3.8, 4) is 0 Å². The number of carbonyl (C=O) groups excluding carboxylic acids is 1. The lowest BCUT2D eigenvalue weighted by Crippen LogP contribution is -2.14. The zero-order valence-electron chi connectivity index (χ0n) is 12.5. The first-order valence-corrected chi connectivity index (χ1v) is 6.91. The first-order chi connectivity index (χ1) is 10.0. The van der Waals surface area contributed by atoms with Gasteiger partial charge in [0.2, 0.25) is 0 Å². The van der Waals surface area contributed by atoms with Crippen LogP contribution in [0.1, 0.15) is 41.8 Å². The first kappa shape index (κ1) is 15.0. The number of furan rings is 1. The Labute approximate surface area is 124 Å². The largest absolute Gasteiger partial charge is 0.464 e. The molecule has 5 heteroatoms. The summed E-state index contributed by atoms with van der Waals surface area (Å²) in [5.41, 5.74) is 7.47. The van der Waals surface area contributed by atoms with Gasteiger partial charge in [-0.05, 0) is 45.0 Å². The molecule has 1 aromatic heterocycles. The average Bonchev–Trinajstić information content (AvgIpc) is 2.88. The van der Waals surface area contributed by atoms with E-state index in [4.69, 9.17) is 14.9 Å². The third-order valence-corrected chi connectivity index (χ3v) is 3.14. The van der Waals surface area contributed by atoms with E-state index >= 15 is 0 Å². The number of ether oxygens (including phenoxy) is 1. The van der Waals surface area contributed by atoms with Gasteiger partial charge in [0, 0.05) is 0 Å². The molecule has 0 saturated carbocycles. The monoisotopic (exact) mass is 288 g/mol. The molecular weight excluding hydrogens is 268 g/mol. The van der Waals surface area contributed by atoms with E-state index in [9.17, 15) is 4.79 Å². The molecule has 0 aliphatic heterocycles. The van der Waals surface area contributed by atoms with Gasteiger partial charge < -0.3 is 20.2 Å². The normalized spacial score (nSPS) is 12.0. The van der Waals surface area contributed by atoms with Crippen molar-refractivity contribution < 1.29 is 13.9 Å². The standard InChI is InChI=1S/C16H20N2O3/c1-4-20-16(19)12-6-5-7-13(17)15(12)18-11(3)14-9-8-10(2)21-14/h5-9,11,18H,4,17H2,1-3H3. The molecule has 0 bridgehead atoms. The average molecular weight is 288 g/mol. The minimum atomic E-state index is -0.393. The zero-order chi connectivity index (χ0) is 15.4. The molecule has 2 aromatic rings. The van der Waals surface area contributed by atoms with Crippen molar-refractivity contribution in [1.29, 1.82) is 0 Å². The number of nitrogens with two attached hydrogens (primary N) is 1. The van der Waals surface area contributed by atoms with Gasteiger partial charge in [0.05, 0.1) is 29.6 Å². The summed E-state index contributed by atoms with van der Waals surface area (Å²) in [4.78, 5) is 12.0. The number of esters is 1. The summed E-state index contributed by atoms with van der Waals surface area (Å²) in [5.74, 6) is 1.23. The highest BCUT2D eigenvalue weighted by Crippen LogP contribution is 2.29. The van der Waals surface area contributed by atoms with Crippen LogP contribution in [0.3, 0.4) is 0 Å². The number of rotatable bonds is 5. The summed E-state index contributed by atoms with van der Waals surface area (Å²) in [6.45, 7) is 5.92. The molecule has 1 aromatic carbocycles. The Morgan fingerprint density at radius 1 is 1.38 bits per heavy atom. The second-order valence-corrected chi connectivity index (χ2v) is 4.80. The van der Waals surface area contributed by atoms with Crippen LogP contribution in [0, 0.1) is 6.92 Å². The maximum Gasteiger partial charge on any atom is 0.340 e. The second-order valence-electron chi connectivity index (χ2n) is 4.80. The third-order valence-electron chi connectivity index (χ3n) is 3.14. The van der Waals surface area contributed by atoms with Gasteiger partial charge in [-0.2, -0.15) is 0 Å². The summed E-state index contributed by atoms with van der Waals surface area (Å²) < 4.78 is 10.6. The Morgan fingerprint density at radius 3 is 2.76 bits per heavy atom. The van der Waals surface area contributed by atoms with Crippen LogP contribution in [-0.2, 0) is 4.74 Å². The van der Waals surface area contributed by atoms with Crippen molar-refractivity contribution in [3.63, 3.8) is 0 Å². The van der Waals surface area contributed by atoms with Crippen molar-refractivity contribution >= 4 is 17.3 Å². The summed E-state index contributed by atoms with van der Waals surface area (Å²) in [6.07, 6.45) is 0. The zero-order valence-corrected chi connectivity index (χ0v) is 12.5. The van der Waals surface area contributed by atoms with Crippen LogP contribution in [0.4, 0.5) is 11.4 Å². The van der Waals surface area contributed by atoms with Gasteiger partial charge in [-0.1, -0.05) is 6.07 Å². The summed E-state index contributed by atoms with van der Waals surface area (Å²) in [6, 6.07) is 8.84. The van der Waals surface area contributed by atoms with E-state index in [1.807, 2.05) is 26.0 Å². The van der Waals surface area contributed by atoms with Crippen molar-refractivity contribution in [2.45, 2.75) is 26.8 Å². The van der Waals surface area contributed by atoms with Gasteiger partial charge in [-0.25, -0.2) is 4.79 Å². The first-order valence-electron chi connectivity index (χ1n) is 6.91. The van der Waals surface area contributed by atoms with Crippen molar-refractivity contribution in [2.75, 3.05) is 17.7 Å². The Morgan fingerprint density at radius 2 is 2.14 bits per heavy atom. The predicted molar refractivity (Wildman–Crippen MR) is 82.3 cm³/mol. The summed E-state index contributed by atoms with van der Waals surface area (Å²) in [7, 11) is 0. The molecule has 1 heterocycles. The minimum absolute atomic E-state index is 0.114. The molecule has 0 aliphatic rings. The Bertz CT molecular complexity index is 634. The Balaban J connectivity index is 2.28. The molecule has 0 radical (unpaired) electrons. The molecule has 0 amide bonds. The smallest absolute Gasteiger partial charge is 0.340 e. The number of aryl methyl sites for hydroxylation is 1. The van der Waals surface area contributed by atoms with Crippen LogP contribution in [0.25, 0.3) is 0 Å². The van der Waals surface area contributed by atoms with Crippen LogP contribution < -0.4 is 11.1 Å². The van der Waals surface area contributed by atoms with E-state index in [0.717, 1.165) is 11.5 Å². The Kier molecular flexibility index (Phi) is 4.52. The number of para-hydroxylation sites is 1. The number of anilines is 2. The number of nitrogens with one attached hydrogen (secondary N) is 1. The van der Waals surface area contributed by atoms with Crippen molar-refractivity contribution in [1.82, 2.24) is 0 Å². The molecule has 0 saturated heterocycles. The van der Waals surface area contributed by atoms with Crippen LogP contribution in [0.15, 0.2) is 34.7 Å². The van der Waals surface area contributed by atoms with Gasteiger partial charge >= 0.3 is 5.97 Å². The number of hydrogen-bond donors (Lipinski definition) is 2. The maximum atomic E-state index is 12.0.